The highest BCUT2D eigenvalue weighted by Crippen LogP contribution is 2.29. The van der Waals surface area contributed by atoms with Gasteiger partial charge in [0.15, 0.2) is 5.76 Å². The Morgan fingerprint density at radius 1 is 1.26 bits per heavy atom. The molecule has 0 aliphatic heterocycles. The molecule has 0 aliphatic rings. The molecule has 4 nitrogen and oxygen atoms in total. The summed E-state index contributed by atoms with van der Waals surface area (Å²) in [5.41, 5.74) is 0. The highest BCUT2D eigenvalue weighted by Gasteiger charge is 2.13. The molecule has 5 heteroatoms. The third-order valence-corrected chi connectivity index (χ3v) is 2.58. The van der Waals surface area contributed by atoms with Crippen LogP contribution in [0.1, 0.15) is 24.4 Å². The summed E-state index contributed by atoms with van der Waals surface area (Å²) < 4.78 is 10.8. The van der Waals surface area contributed by atoms with Crippen molar-refractivity contribution in [3.63, 3.8) is 0 Å². The Kier molecular flexibility index (Phi) is 4.12. The number of furan rings is 1. The second kappa shape index (κ2) is 5.80. The second-order valence-corrected chi connectivity index (χ2v) is 4.69. The Balaban J connectivity index is 2.10. The molecule has 0 bridgehead atoms. The number of para-hydroxylation sites is 1. The number of amides is 1. The number of nitrogens with one attached hydrogen (secondary N) is 1. The van der Waals surface area contributed by atoms with Gasteiger partial charge >= 0.3 is 0 Å². The largest absolute Gasteiger partial charge is 0.424 e. The zero-order valence-corrected chi connectivity index (χ0v) is 11.4. The molecule has 0 unspecified atom stereocenters. The standard InChI is InChI=1S/C14H14ClNO3/c1-9(2)16-14(17)12-7-8-13(19-12)18-11-6-4-3-5-10(11)15/h3-9H,1-2H3,(H,16,17). The molecule has 1 heterocycles. The van der Waals surface area contributed by atoms with Crippen molar-refractivity contribution in [2.24, 2.45) is 0 Å². The number of ether oxygens (including phenoxy) is 1. The Hall–Kier alpha value is -1.94. The minimum Gasteiger partial charge on any atom is -0.424 e. The normalized spacial score (nSPS) is 10.5. The maximum Gasteiger partial charge on any atom is 0.290 e. The van der Waals surface area contributed by atoms with Gasteiger partial charge in [0, 0.05) is 12.1 Å². The zero-order chi connectivity index (χ0) is 13.8. The van der Waals surface area contributed by atoms with Crippen molar-refractivity contribution in [3.8, 4) is 11.7 Å². The molecular weight excluding hydrogens is 266 g/mol. The molecule has 0 spiro atoms. The minimum atomic E-state index is -0.274. The molecule has 0 fully saturated rings. The maximum absolute atomic E-state index is 11.7. The van der Waals surface area contributed by atoms with E-state index in [0.29, 0.717) is 10.8 Å². The lowest BCUT2D eigenvalue weighted by molar-refractivity contribution is 0.0910. The van der Waals surface area contributed by atoms with Gasteiger partial charge in [0.05, 0.1) is 5.02 Å². The Morgan fingerprint density at radius 2 is 2.00 bits per heavy atom. The zero-order valence-electron chi connectivity index (χ0n) is 10.6. The fraction of sp³-hybridized carbons (Fsp3) is 0.214. The van der Waals surface area contributed by atoms with Crippen molar-refractivity contribution in [1.29, 1.82) is 0 Å². The summed E-state index contributed by atoms with van der Waals surface area (Å²) in [5, 5.41) is 3.21. The van der Waals surface area contributed by atoms with E-state index in [4.69, 9.17) is 20.8 Å². The van der Waals surface area contributed by atoms with E-state index >= 15 is 0 Å². The van der Waals surface area contributed by atoms with Gasteiger partial charge in [0.1, 0.15) is 5.75 Å². The SMILES string of the molecule is CC(C)NC(=O)c1ccc(Oc2ccccc2Cl)o1. The molecule has 0 atom stereocenters. The molecule has 0 aliphatic carbocycles. The van der Waals surface area contributed by atoms with Crippen LogP contribution in [0.15, 0.2) is 40.8 Å². The first kappa shape index (κ1) is 13.5. The van der Waals surface area contributed by atoms with Crippen LogP contribution in [0.2, 0.25) is 5.02 Å². The highest BCUT2D eigenvalue weighted by molar-refractivity contribution is 6.32. The van der Waals surface area contributed by atoms with E-state index in [9.17, 15) is 4.79 Å². The summed E-state index contributed by atoms with van der Waals surface area (Å²) in [6, 6.07) is 10.2. The molecular formula is C14H14ClNO3. The van der Waals surface area contributed by atoms with Gasteiger partial charge < -0.3 is 14.5 Å². The first-order chi connectivity index (χ1) is 9.06. The van der Waals surface area contributed by atoms with Crippen molar-refractivity contribution in [1.82, 2.24) is 5.32 Å². The van der Waals surface area contributed by atoms with Crippen LogP contribution in [-0.4, -0.2) is 11.9 Å². The van der Waals surface area contributed by atoms with E-state index in [1.165, 1.54) is 0 Å². The van der Waals surface area contributed by atoms with Gasteiger partial charge in [0.25, 0.3) is 11.9 Å². The van der Waals surface area contributed by atoms with Crippen molar-refractivity contribution < 1.29 is 13.9 Å². The predicted octanol–water partition coefficient (Wildman–Crippen LogP) is 3.86. The monoisotopic (exact) mass is 279 g/mol. The lowest BCUT2D eigenvalue weighted by Gasteiger charge is -2.06. The summed E-state index contributed by atoms with van der Waals surface area (Å²) in [6.07, 6.45) is 0. The van der Waals surface area contributed by atoms with Crippen LogP contribution in [0, 0.1) is 0 Å². The summed E-state index contributed by atoms with van der Waals surface area (Å²) >= 11 is 5.97. The smallest absolute Gasteiger partial charge is 0.290 e. The minimum absolute atomic E-state index is 0.0468. The van der Waals surface area contributed by atoms with Gasteiger partial charge in [-0.05, 0) is 32.0 Å². The van der Waals surface area contributed by atoms with Gasteiger partial charge in [-0.15, -0.1) is 0 Å². The van der Waals surface area contributed by atoms with Gasteiger partial charge in [0.2, 0.25) is 0 Å². The van der Waals surface area contributed by atoms with Crippen molar-refractivity contribution >= 4 is 17.5 Å². The molecule has 1 N–H and O–H groups in total. The van der Waals surface area contributed by atoms with Crippen LogP contribution >= 0.6 is 11.6 Å². The fourth-order valence-corrected chi connectivity index (χ4v) is 1.64. The number of carbonyl (C=O) groups is 1. The Morgan fingerprint density at radius 3 is 2.68 bits per heavy atom. The summed E-state index contributed by atoms with van der Waals surface area (Å²) in [5.74, 6) is 0.635. The van der Waals surface area contributed by atoms with E-state index < -0.39 is 0 Å². The highest BCUT2D eigenvalue weighted by atomic mass is 35.5. The molecule has 2 rings (SSSR count). The van der Waals surface area contributed by atoms with Gasteiger partial charge in [-0.3, -0.25) is 4.79 Å². The molecule has 0 saturated carbocycles. The summed E-state index contributed by atoms with van der Waals surface area (Å²) in [7, 11) is 0. The molecule has 1 aromatic carbocycles. The first-order valence-electron chi connectivity index (χ1n) is 5.89. The molecule has 100 valence electrons. The number of carbonyl (C=O) groups excluding carboxylic acids is 1. The molecule has 2 aromatic rings. The maximum atomic E-state index is 11.7. The number of halogens is 1. The average Bonchev–Trinajstić information content (AvgIpc) is 2.80. The van der Waals surface area contributed by atoms with Crippen LogP contribution in [0.4, 0.5) is 0 Å². The molecule has 0 radical (unpaired) electrons. The van der Waals surface area contributed by atoms with Gasteiger partial charge in [-0.2, -0.15) is 0 Å². The Labute approximate surface area is 116 Å². The molecule has 0 saturated heterocycles. The van der Waals surface area contributed by atoms with E-state index in [0.717, 1.165) is 0 Å². The summed E-state index contributed by atoms with van der Waals surface area (Å²) in [6.45, 7) is 3.75. The van der Waals surface area contributed by atoms with Crippen molar-refractivity contribution in [3.05, 3.63) is 47.2 Å². The summed E-state index contributed by atoms with van der Waals surface area (Å²) in [4.78, 5) is 11.7. The fourth-order valence-electron chi connectivity index (χ4n) is 1.47. The van der Waals surface area contributed by atoms with Crippen LogP contribution in [0.25, 0.3) is 0 Å². The quantitative estimate of drug-likeness (QED) is 0.924. The lowest BCUT2D eigenvalue weighted by Crippen LogP contribution is -2.29. The van der Waals surface area contributed by atoms with E-state index in [1.807, 2.05) is 13.8 Å². The van der Waals surface area contributed by atoms with Crippen LogP contribution in [0.5, 0.6) is 11.7 Å². The van der Waals surface area contributed by atoms with E-state index in [-0.39, 0.29) is 23.7 Å². The van der Waals surface area contributed by atoms with Crippen LogP contribution in [0.3, 0.4) is 0 Å². The third kappa shape index (κ3) is 3.51. The first-order valence-corrected chi connectivity index (χ1v) is 6.27. The van der Waals surface area contributed by atoms with Gasteiger partial charge in [-0.25, -0.2) is 0 Å². The van der Waals surface area contributed by atoms with Crippen LogP contribution < -0.4 is 10.1 Å². The lowest BCUT2D eigenvalue weighted by atomic mass is 10.3. The number of benzene rings is 1. The predicted molar refractivity (Wildman–Crippen MR) is 72.8 cm³/mol. The molecule has 1 amide bonds. The van der Waals surface area contributed by atoms with E-state index in [2.05, 4.69) is 5.32 Å². The topological polar surface area (TPSA) is 51.5 Å². The van der Waals surface area contributed by atoms with Crippen LogP contribution in [-0.2, 0) is 0 Å². The van der Waals surface area contributed by atoms with E-state index in [1.54, 1.807) is 36.4 Å². The second-order valence-electron chi connectivity index (χ2n) is 4.28. The van der Waals surface area contributed by atoms with Gasteiger partial charge in [-0.1, -0.05) is 23.7 Å². The third-order valence-electron chi connectivity index (χ3n) is 2.27. The number of rotatable bonds is 4. The number of hydrogen-bond acceptors (Lipinski definition) is 3. The van der Waals surface area contributed by atoms with Crippen molar-refractivity contribution in [2.75, 3.05) is 0 Å². The molecule has 19 heavy (non-hydrogen) atoms. The Bertz CT molecular complexity index is 578. The van der Waals surface area contributed by atoms with Crippen molar-refractivity contribution in [2.45, 2.75) is 19.9 Å². The number of hydrogen-bond donors (Lipinski definition) is 1. The molecule has 1 aromatic heterocycles. The average molecular weight is 280 g/mol.